The molecule has 0 radical (unpaired) electrons. The second-order valence-electron chi connectivity index (χ2n) is 6.09. The summed E-state index contributed by atoms with van der Waals surface area (Å²) in [6, 6.07) is 0. The number of aliphatic hydroxyl groups excluding tert-OH is 2. The lowest BCUT2D eigenvalue weighted by atomic mass is 10.2. The van der Waals surface area contributed by atoms with Crippen molar-refractivity contribution in [2.45, 2.75) is 18.4 Å². The van der Waals surface area contributed by atoms with Crippen molar-refractivity contribution < 1.29 is 61.4 Å². The number of aliphatic hydroxyl groups is 2. The maximum absolute atomic E-state index is 11.9. The number of fused-ring (bicyclic) bond motifs is 1. The SMILES string of the molecule is C#C[C@H](O)[C@@H](COP(=O)(O)OP(=O)(O)OP(=O)(O)O)O[C@H](CO)n1cnc2c(=O)[nH]c(N)nc21. The number of hydrogen-bond donors (Lipinski definition) is 8. The van der Waals surface area contributed by atoms with Crippen LogP contribution in [0.2, 0.25) is 0 Å². The molecule has 0 aromatic carbocycles. The smallest absolute Gasteiger partial charge is 0.392 e. The van der Waals surface area contributed by atoms with Gasteiger partial charge in [0.15, 0.2) is 17.4 Å². The van der Waals surface area contributed by atoms with Gasteiger partial charge in [0.2, 0.25) is 5.95 Å². The second kappa shape index (κ2) is 10.7. The van der Waals surface area contributed by atoms with E-state index in [1.54, 1.807) is 0 Å². The predicted octanol–water partition coefficient (Wildman–Crippen LogP) is -2.08. The minimum atomic E-state index is -5.79. The van der Waals surface area contributed by atoms with Gasteiger partial charge in [0, 0.05) is 0 Å². The number of phosphoric acid groups is 3. The van der Waals surface area contributed by atoms with Crippen LogP contribution in [0.25, 0.3) is 11.2 Å². The largest absolute Gasteiger partial charge is 0.490 e. The lowest BCUT2D eigenvalue weighted by Gasteiger charge is -2.26. The number of anilines is 1. The van der Waals surface area contributed by atoms with Crippen molar-refractivity contribution in [3.8, 4) is 12.3 Å². The molecule has 190 valence electrons. The fraction of sp³-hybridized carbons (Fsp3) is 0.417. The van der Waals surface area contributed by atoms with Crippen LogP contribution in [0.15, 0.2) is 11.1 Å². The molecule has 22 heteroatoms. The third-order valence-corrected chi connectivity index (χ3v) is 7.39. The van der Waals surface area contributed by atoms with E-state index >= 15 is 0 Å². The summed E-state index contributed by atoms with van der Waals surface area (Å²) in [5.74, 6) is 1.52. The first-order chi connectivity index (χ1) is 15.6. The Bertz CT molecular complexity index is 1270. The molecule has 0 saturated heterocycles. The highest BCUT2D eigenvalue weighted by molar-refractivity contribution is 7.66. The predicted molar refractivity (Wildman–Crippen MR) is 108 cm³/mol. The third kappa shape index (κ3) is 7.77. The first-order valence-corrected chi connectivity index (χ1v) is 13.0. The van der Waals surface area contributed by atoms with E-state index in [0.29, 0.717) is 0 Å². The summed E-state index contributed by atoms with van der Waals surface area (Å²) in [6.45, 7) is -1.97. The molecular weight excluding hydrogens is 531 g/mol. The molecule has 0 aliphatic carbocycles. The average Bonchev–Trinajstić information content (AvgIpc) is 3.08. The van der Waals surface area contributed by atoms with Gasteiger partial charge in [-0.05, 0) is 0 Å². The minimum Gasteiger partial charge on any atom is -0.392 e. The molecular formula is C12H18N5O14P3. The van der Waals surface area contributed by atoms with Crippen molar-refractivity contribution in [3.63, 3.8) is 0 Å². The summed E-state index contributed by atoms with van der Waals surface area (Å²) < 4.78 is 51.9. The number of H-pyrrole nitrogens is 1. The number of terminal acetylenes is 1. The van der Waals surface area contributed by atoms with Crippen LogP contribution >= 0.6 is 23.5 Å². The topological polar surface area (TPSA) is 299 Å². The van der Waals surface area contributed by atoms with Gasteiger partial charge in [0.05, 0.1) is 19.5 Å². The molecule has 0 aliphatic heterocycles. The number of ether oxygens (including phenoxy) is 1. The highest BCUT2D eigenvalue weighted by Crippen LogP contribution is 2.66. The molecule has 19 nitrogen and oxygen atoms in total. The number of nitrogens with one attached hydrogen (secondary N) is 1. The Morgan fingerprint density at radius 3 is 2.41 bits per heavy atom. The first-order valence-electron chi connectivity index (χ1n) is 8.48. The number of imidazole rings is 1. The van der Waals surface area contributed by atoms with Gasteiger partial charge in [-0.3, -0.25) is 18.9 Å². The normalized spacial score (nSPS) is 18.5. The number of nitrogens with zero attached hydrogens (tertiary/aromatic N) is 3. The summed E-state index contributed by atoms with van der Waals surface area (Å²) in [4.78, 5) is 57.5. The highest BCUT2D eigenvalue weighted by Gasteiger charge is 2.41. The maximum atomic E-state index is 11.9. The molecule has 2 aromatic heterocycles. The molecule has 2 aromatic rings. The Morgan fingerprint density at radius 2 is 1.85 bits per heavy atom. The van der Waals surface area contributed by atoms with Gasteiger partial charge in [-0.15, -0.1) is 6.42 Å². The average molecular weight is 549 g/mol. The van der Waals surface area contributed by atoms with E-state index in [4.69, 9.17) is 31.6 Å². The number of nitrogen functional groups attached to an aromatic ring is 1. The van der Waals surface area contributed by atoms with E-state index in [-0.39, 0.29) is 17.1 Å². The van der Waals surface area contributed by atoms with E-state index in [2.05, 4.69) is 28.1 Å². The standard InChI is InChI=1S/C12H18N5O14P3/c1-2-6(19)7(4-28-33(24,25)31-34(26,27)30-32(21,22)23)29-8(3-18)17-5-14-9-10(17)15-12(13)16-11(9)20/h1,5-8,18-19H,3-4H2,(H,24,25)(H,26,27)(H2,21,22,23)(H3,13,15,16,20)/t6-,7+,8+/m0/s1. The maximum Gasteiger partial charge on any atom is 0.490 e. The monoisotopic (exact) mass is 549 g/mol. The molecule has 0 bridgehead atoms. The van der Waals surface area contributed by atoms with Crippen molar-refractivity contribution in [2.75, 3.05) is 18.9 Å². The summed E-state index contributed by atoms with van der Waals surface area (Å²) in [5, 5.41) is 19.7. The molecule has 34 heavy (non-hydrogen) atoms. The molecule has 0 fully saturated rings. The minimum absolute atomic E-state index is 0.151. The van der Waals surface area contributed by atoms with Gasteiger partial charge in [-0.1, -0.05) is 5.92 Å². The lowest BCUT2D eigenvalue weighted by molar-refractivity contribution is -0.122. The Balaban J connectivity index is 2.22. The van der Waals surface area contributed by atoms with Crippen LogP contribution in [0, 0.1) is 12.3 Å². The van der Waals surface area contributed by atoms with Gasteiger partial charge in [0.25, 0.3) is 5.56 Å². The van der Waals surface area contributed by atoms with Crippen LogP contribution < -0.4 is 11.3 Å². The van der Waals surface area contributed by atoms with Crippen molar-refractivity contribution in [1.29, 1.82) is 0 Å². The molecule has 0 saturated carbocycles. The van der Waals surface area contributed by atoms with Crippen molar-refractivity contribution in [2.24, 2.45) is 0 Å². The van der Waals surface area contributed by atoms with Crippen molar-refractivity contribution in [1.82, 2.24) is 19.5 Å². The molecule has 5 atom stereocenters. The second-order valence-corrected chi connectivity index (χ2v) is 10.5. The fourth-order valence-corrected chi connectivity index (χ4v) is 5.37. The Kier molecular flexibility index (Phi) is 8.91. The number of nitrogens with two attached hydrogens (primary N) is 1. The summed E-state index contributed by atoms with van der Waals surface area (Å²) in [7, 11) is -17.0. The number of aromatic amines is 1. The van der Waals surface area contributed by atoms with E-state index in [1.165, 1.54) is 0 Å². The van der Waals surface area contributed by atoms with Crippen molar-refractivity contribution in [3.05, 3.63) is 16.7 Å². The van der Waals surface area contributed by atoms with Gasteiger partial charge in [-0.25, -0.2) is 18.7 Å². The summed E-state index contributed by atoms with van der Waals surface area (Å²) in [6.07, 6.45) is 1.06. The number of rotatable bonds is 12. The Morgan fingerprint density at radius 1 is 1.21 bits per heavy atom. The summed E-state index contributed by atoms with van der Waals surface area (Å²) in [5.41, 5.74) is 4.41. The van der Waals surface area contributed by atoms with Crippen LogP contribution in [-0.2, 0) is 31.6 Å². The molecule has 0 amide bonds. The van der Waals surface area contributed by atoms with E-state index in [0.717, 1.165) is 10.9 Å². The van der Waals surface area contributed by atoms with Gasteiger partial charge >= 0.3 is 23.5 Å². The Labute approximate surface area is 188 Å². The number of aromatic nitrogens is 4. The molecule has 0 spiro atoms. The van der Waals surface area contributed by atoms with E-state index in [9.17, 15) is 33.6 Å². The number of hydrogen-bond acceptors (Lipinski definition) is 13. The fourth-order valence-electron chi connectivity index (χ4n) is 2.34. The molecule has 0 aliphatic rings. The molecule has 2 unspecified atom stereocenters. The van der Waals surface area contributed by atoms with Crippen molar-refractivity contribution >= 4 is 40.6 Å². The third-order valence-electron chi connectivity index (χ3n) is 3.59. The Hall–Kier alpha value is -2.00. The van der Waals surface area contributed by atoms with Crippen LogP contribution in [0.1, 0.15) is 6.23 Å². The zero-order valence-corrected chi connectivity index (χ0v) is 19.2. The lowest BCUT2D eigenvalue weighted by Crippen LogP contribution is -2.36. The first kappa shape index (κ1) is 28.2. The molecule has 2 heterocycles. The van der Waals surface area contributed by atoms with Crippen LogP contribution in [0.4, 0.5) is 5.95 Å². The summed E-state index contributed by atoms with van der Waals surface area (Å²) >= 11 is 0. The highest BCUT2D eigenvalue weighted by atomic mass is 31.3. The molecule has 2 rings (SSSR count). The van der Waals surface area contributed by atoms with Crippen LogP contribution in [0.3, 0.4) is 0 Å². The van der Waals surface area contributed by atoms with Crippen LogP contribution in [0.5, 0.6) is 0 Å². The number of phosphoric ester groups is 1. The van der Waals surface area contributed by atoms with E-state index < -0.39 is 60.7 Å². The van der Waals surface area contributed by atoms with Gasteiger partial charge < -0.3 is 40.3 Å². The molecule has 9 N–H and O–H groups in total. The zero-order valence-electron chi connectivity index (χ0n) is 16.5. The van der Waals surface area contributed by atoms with Gasteiger partial charge in [-0.2, -0.15) is 13.6 Å². The zero-order chi connectivity index (χ0) is 25.9. The quantitative estimate of drug-likeness (QED) is 0.104. The van der Waals surface area contributed by atoms with E-state index in [1.807, 2.05) is 5.92 Å². The van der Waals surface area contributed by atoms with Gasteiger partial charge in [0.1, 0.15) is 12.2 Å². The van der Waals surface area contributed by atoms with Crippen LogP contribution in [-0.4, -0.2) is 74.7 Å².